The molecular formula is C14H20N2O2S2. The summed E-state index contributed by atoms with van der Waals surface area (Å²) in [5.41, 5.74) is 7.02. The normalized spacial score (nSPS) is 17.1. The number of benzene rings is 1. The molecular weight excluding hydrogens is 292 g/mol. The van der Waals surface area contributed by atoms with Crippen molar-refractivity contribution in [2.75, 3.05) is 7.05 Å². The number of hydrogen-bond donors (Lipinski definition) is 1. The topological polar surface area (TPSA) is 63.4 Å². The second-order valence-electron chi connectivity index (χ2n) is 5.41. The van der Waals surface area contributed by atoms with Crippen LogP contribution >= 0.6 is 12.2 Å². The van der Waals surface area contributed by atoms with Crippen molar-refractivity contribution in [2.24, 2.45) is 11.7 Å². The number of nitrogens with two attached hydrogens (primary N) is 1. The maximum absolute atomic E-state index is 12.4. The van der Waals surface area contributed by atoms with Crippen molar-refractivity contribution in [1.82, 2.24) is 4.31 Å². The van der Waals surface area contributed by atoms with Crippen LogP contribution in [-0.2, 0) is 15.8 Å². The van der Waals surface area contributed by atoms with Crippen LogP contribution in [0.1, 0.15) is 30.9 Å². The minimum absolute atomic E-state index is 0.0121. The Balaban J connectivity index is 2.09. The third-order valence-electron chi connectivity index (χ3n) is 3.90. The van der Waals surface area contributed by atoms with Gasteiger partial charge in [-0.1, -0.05) is 36.5 Å². The van der Waals surface area contributed by atoms with Crippen molar-refractivity contribution in [2.45, 2.75) is 31.6 Å². The predicted molar refractivity (Wildman–Crippen MR) is 84.9 cm³/mol. The molecule has 1 aromatic carbocycles. The lowest BCUT2D eigenvalue weighted by Crippen LogP contribution is -2.37. The Bertz CT molecular complexity index is 592. The van der Waals surface area contributed by atoms with Gasteiger partial charge in [-0.2, -0.15) is 0 Å². The number of nitrogens with zero attached hydrogens (tertiary/aromatic N) is 1. The fourth-order valence-corrected chi connectivity index (χ4v) is 3.84. The van der Waals surface area contributed by atoms with E-state index in [1.165, 1.54) is 4.31 Å². The molecule has 1 saturated carbocycles. The lowest BCUT2D eigenvalue weighted by Gasteiger charge is -2.24. The van der Waals surface area contributed by atoms with Gasteiger partial charge in [-0.25, -0.2) is 12.7 Å². The van der Waals surface area contributed by atoms with Crippen LogP contribution in [-0.4, -0.2) is 30.8 Å². The van der Waals surface area contributed by atoms with Gasteiger partial charge >= 0.3 is 0 Å². The highest BCUT2D eigenvalue weighted by molar-refractivity contribution is 7.88. The Hall–Kier alpha value is -0.980. The summed E-state index contributed by atoms with van der Waals surface area (Å²) in [6.07, 6.45) is 2.26. The molecule has 0 radical (unpaired) electrons. The van der Waals surface area contributed by atoms with Crippen LogP contribution in [0.3, 0.4) is 0 Å². The van der Waals surface area contributed by atoms with Gasteiger partial charge < -0.3 is 5.73 Å². The van der Waals surface area contributed by atoms with E-state index < -0.39 is 10.0 Å². The second-order valence-corrected chi connectivity index (χ2v) is 7.88. The van der Waals surface area contributed by atoms with Crippen LogP contribution in [0.15, 0.2) is 24.3 Å². The summed E-state index contributed by atoms with van der Waals surface area (Å²) in [6.45, 7) is 1.98. The fraction of sp³-hybridized carbons (Fsp3) is 0.500. The smallest absolute Gasteiger partial charge is 0.218 e. The molecule has 1 aliphatic rings. The molecule has 1 aromatic rings. The fourth-order valence-electron chi connectivity index (χ4n) is 2.21. The molecule has 0 bridgehead atoms. The summed E-state index contributed by atoms with van der Waals surface area (Å²) < 4.78 is 26.2. The highest BCUT2D eigenvalue weighted by Gasteiger charge is 2.35. The van der Waals surface area contributed by atoms with Crippen molar-refractivity contribution in [3.05, 3.63) is 35.4 Å². The molecule has 1 aliphatic carbocycles. The molecule has 110 valence electrons. The Labute approximate surface area is 126 Å². The van der Waals surface area contributed by atoms with Crippen molar-refractivity contribution in [3.63, 3.8) is 0 Å². The SMILES string of the molecule is CC(C1CC1)N(C)S(=O)(=O)Cc1ccc(C(N)=S)cc1. The highest BCUT2D eigenvalue weighted by atomic mass is 32.2. The first-order valence-corrected chi connectivity index (χ1v) is 8.67. The molecule has 1 atom stereocenters. The third kappa shape index (κ3) is 3.56. The average Bonchev–Trinajstić information content (AvgIpc) is 3.21. The second kappa shape index (κ2) is 5.79. The van der Waals surface area contributed by atoms with E-state index in [1.54, 1.807) is 31.3 Å². The number of rotatable bonds is 6. The molecule has 1 fully saturated rings. The molecule has 0 amide bonds. The summed E-state index contributed by atoms with van der Waals surface area (Å²) in [5, 5.41) is 0. The van der Waals surface area contributed by atoms with E-state index in [-0.39, 0.29) is 11.8 Å². The zero-order chi connectivity index (χ0) is 14.9. The van der Waals surface area contributed by atoms with Crippen LogP contribution in [0.25, 0.3) is 0 Å². The summed E-state index contributed by atoms with van der Waals surface area (Å²) in [6, 6.07) is 7.13. The van der Waals surface area contributed by atoms with Gasteiger partial charge in [0.25, 0.3) is 0 Å². The molecule has 0 aromatic heterocycles. The van der Waals surface area contributed by atoms with Crippen LogP contribution < -0.4 is 5.73 Å². The van der Waals surface area contributed by atoms with Crippen molar-refractivity contribution in [1.29, 1.82) is 0 Å². The first-order valence-electron chi connectivity index (χ1n) is 6.65. The molecule has 0 spiro atoms. The summed E-state index contributed by atoms with van der Waals surface area (Å²) in [5.74, 6) is 0.532. The zero-order valence-corrected chi connectivity index (χ0v) is 13.4. The lowest BCUT2D eigenvalue weighted by molar-refractivity contribution is 0.356. The van der Waals surface area contributed by atoms with Crippen molar-refractivity contribution >= 4 is 27.2 Å². The Morgan fingerprint density at radius 1 is 1.40 bits per heavy atom. The zero-order valence-electron chi connectivity index (χ0n) is 11.7. The molecule has 0 saturated heterocycles. The van der Waals surface area contributed by atoms with Crippen LogP contribution in [0.5, 0.6) is 0 Å². The molecule has 4 nitrogen and oxygen atoms in total. The Morgan fingerprint density at radius 3 is 2.40 bits per heavy atom. The van der Waals surface area contributed by atoms with E-state index in [2.05, 4.69) is 0 Å². The van der Waals surface area contributed by atoms with Gasteiger partial charge in [-0.05, 0) is 31.2 Å². The first-order chi connectivity index (χ1) is 9.31. The van der Waals surface area contributed by atoms with E-state index >= 15 is 0 Å². The quantitative estimate of drug-likeness (QED) is 0.815. The summed E-state index contributed by atoms with van der Waals surface area (Å²) >= 11 is 4.88. The van der Waals surface area contributed by atoms with Crippen LogP contribution in [0, 0.1) is 5.92 Å². The van der Waals surface area contributed by atoms with Crippen LogP contribution in [0.4, 0.5) is 0 Å². The van der Waals surface area contributed by atoms with Crippen molar-refractivity contribution in [3.8, 4) is 0 Å². The van der Waals surface area contributed by atoms with E-state index in [4.69, 9.17) is 18.0 Å². The third-order valence-corrected chi connectivity index (χ3v) is 6.05. The van der Waals surface area contributed by atoms with Gasteiger partial charge in [0.2, 0.25) is 10.0 Å². The minimum Gasteiger partial charge on any atom is -0.389 e. The van der Waals surface area contributed by atoms with Gasteiger partial charge in [0, 0.05) is 18.7 Å². The highest BCUT2D eigenvalue weighted by Crippen LogP contribution is 2.35. The molecule has 0 aliphatic heterocycles. The van der Waals surface area contributed by atoms with E-state index in [9.17, 15) is 8.42 Å². The molecule has 2 N–H and O–H groups in total. The predicted octanol–water partition coefficient (Wildman–Crippen LogP) is 1.88. The molecule has 0 heterocycles. The Morgan fingerprint density at radius 2 is 1.95 bits per heavy atom. The van der Waals surface area contributed by atoms with Gasteiger partial charge in [-0.15, -0.1) is 0 Å². The average molecular weight is 312 g/mol. The molecule has 2 rings (SSSR count). The van der Waals surface area contributed by atoms with E-state index in [1.807, 2.05) is 6.92 Å². The molecule has 6 heteroatoms. The summed E-state index contributed by atoms with van der Waals surface area (Å²) in [4.78, 5) is 0.318. The molecule has 20 heavy (non-hydrogen) atoms. The monoisotopic (exact) mass is 312 g/mol. The standard InChI is InChI=1S/C14H20N2O2S2/c1-10(12-7-8-12)16(2)20(17,18)9-11-3-5-13(6-4-11)14(15)19/h3-6,10,12H,7-9H2,1-2H3,(H2,15,19). The number of thiocarbonyl (C=S) groups is 1. The van der Waals surface area contributed by atoms with Gasteiger partial charge in [0.05, 0.1) is 5.75 Å². The van der Waals surface area contributed by atoms with Crippen LogP contribution in [0.2, 0.25) is 0 Å². The Kier molecular flexibility index (Phi) is 4.46. The summed E-state index contributed by atoms with van der Waals surface area (Å²) in [7, 11) is -1.61. The number of hydrogen-bond acceptors (Lipinski definition) is 3. The lowest BCUT2D eigenvalue weighted by atomic mass is 10.1. The van der Waals surface area contributed by atoms with E-state index in [0.717, 1.165) is 24.0 Å². The molecule has 1 unspecified atom stereocenters. The van der Waals surface area contributed by atoms with Gasteiger partial charge in [-0.3, -0.25) is 0 Å². The maximum Gasteiger partial charge on any atom is 0.218 e. The van der Waals surface area contributed by atoms with E-state index in [0.29, 0.717) is 10.9 Å². The first kappa shape index (κ1) is 15.4. The largest absolute Gasteiger partial charge is 0.389 e. The number of sulfonamides is 1. The maximum atomic E-state index is 12.4. The minimum atomic E-state index is -3.28. The van der Waals surface area contributed by atoms with Gasteiger partial charge in [0.1, 0.15) is 4.99 Å². The van der Waals surface area contributed by atoms with Gasteiger partial charge in [0.15, 0.2) is 0 Å². The van der Waals surface area contributed by atoms with Crippen molar-refractivity contribution < 1.29 is 8.42 Å².